The minimum absolute atomic E-state index is 0. The van der Waals surface area contributed by atoms with Crippen LogP contribution in [0.4, 0.5) is 4.79 Å². The molecule has 1 N–H and O–H groups in total. The summed E-state index contributed by atoms with van der Waals surface area (Å²) in [6, 6.07) is 5.76. The Morgan fingerprint density at radius 2 is 1.72 bits per heavy atom. The average Bonchev–Trinajstić information content (AvgIpc) is 3.63. The van der Waals surface area contributed by atoms with E-state index in [1.165, 1.54) is 5.57 Å². The van der Waals surface area contributed by atoms with E-state index in [-0.39, 0.29) is 66.1 Å². The number of pyridine rings is 1. The Morgan fingerprint density at radius 3 is 2.37 bits per heavy atom. The van der Waals surface area contributed by atoms with Crippen LogP contribution in [0.2, 0.25) is 0 Å². The first kappa shape index (κ1) is 42.1. The Balaban J connectivity index is 0.00000184. The zero-order valence-electron chi connectivity index (χ0n) is 33.7. The fraction of sp³-hybridized carbons (Fsp3) is 0.756. The van der Waals surface area contributed by atoms with Crippen molar-refractivity contribution in [1.82, 2.24) is 9.88 Å². The van der Waals surface area contributed by atoms with E-state index in [0.29, 0.717) is 43.2 Å². The van der Waals surface area contributed by atoms with Gasteiger partial charge in [0.1, 0.15) is 18.5 Å². The second-order valence-electron chi connectivity index (χ2n) is 19.4. The predicted molar refractivity (Wildman–Crippen MR) is 209 cm³/mol. The van der Waals surface area contributed by atoms with Gasteiger partial charge in [-0.3, -0.25) is 19.5 Å². The molecule has 300 valence electrons. The molecular formula is C45H68N2O7. The average molecular weight is 749 g/mol. The van der Waals surface area contributed by atoms with Gasteiger partial charge in [0, 0.05) is 36.0 Å². The van der Waals surface area contributed by atoms with Crippen LogP contribution in [0.5, 0.6) is 0 Å². The number of aldehydes is 1. The van der Waals surface area contributed by atoms with Crippen molar-refractivity contribution in [2.75, 3.05) is 13.7 Å². The van der Waals surface area contributed by atoms with Crippen LogP contribution in [-0.4, -0.2) is 65.0 Å². The number of ketones is 1. The quantitative estimate of drug-likeness (QED) is 0.207. The van der Waals surface area contributed by atoms with E-state index in [9.17, 15) is 19.2 Å². The largest absolute Gasteiger partial charge is 0.462 e. The monoisotopic (exact) mass is 749 g/mol. The van der Waals surface area contributed by atoms with Crippen molar-refractivity contribution < 1.29 is 33.8 Å². The van der Waals surface area contributed by atoms with E-state index in [4.69, 9.17) is 14.6 Å². The number of esters is 1. The topological polar surface area (TPSA) is 123 Å². The first-order chi connectivity index (χ1) is 25.0. The molecule has 1 aromatic rings. The van der Waals surface area contributed by atoms with Crippen molar-refractivity contribution in [3.05, 3.63) is 41.2 Å². The summed E-state index contributed by atoms with van der Waals surface area (Å²) in [5, 5.41) is 7.00. The normalized spacial score (nSPS) is 36.8. The SMILES string of the molecule is C.CC(C)C1=C2C3CCC4C(C)(CCC5C(C)(C)C(OC(=O)CC(C)(C)C=O)CCC54C)C3CCC2(C2CN(Cc3ccccn3)C(=O)O2)CC1=O.CO. The van der Waals surface area contributed by atoms with Crippen LogP contribution < -0.4 is 0 Å². The van der Waals surface area contributed by atoms with Gasteiger partial charge in [0.25, 0.3) is 0 Å². The molecule has 54 heavy (non-hydrogen) atoms. The fourth-order valence-corrected chi connectivity index (χ4v) is 13.2. The number of fused-ring (bicyclic) bond motifs is 7. The lowest BCUT2D eigenvalue weighted by atomic mass is 9.36. The van der Waals surface area contributed by atoms with Crippen molar-refractivity contribution in [3.63, 3.8) is 0 Å². The number of rotatable bonds is 8. The lowest BCUT2D eigenvalue weighted by Crippen LogP contribution is -2.63. The molecule has 0 spiro atoms. The first-order valence-corrected chi connectivity index (χ1v) is 20.2. The molecule has 7 rings (SSSR count). The van der Waals surface area contributed by atoms with Gasteiger partial charge in [-0.2, -0.15) is 0 Å². The molecule has 0 bridgehead atoms. The Bertz CT molecular complexity index is 1620. The number of aromatic nitrogens is 1. The molecule has 1 amide bonds. The van der Waals surface area contributed by atoms with Gasteiger partial charge in [-0.05, 0) is 115 Å². The van der Waals surface area contributed by atoms with Gasteiger partial charge in [-0.1, -0.05) is 68.9 Å². The van der Waals surface area contributed by atoms with E-state index >= 15 is 0 Å². The summed E-state index contributed by atoms with van der Waals surface area (Å²) < 4.78 is 12.5. The van der Waals surface area contributed by atoms with Gasteiger partial charge in [-0.25, -0.2) is 4.79 Å². The number of aliphatic hydroxyl groups excluding tert-OH is 1. The summed E-state index contributed by atoms with van der Waals surface area (Å²) in [6.45, 7) is 18.5. The highest BCUT2D eigenvalue weighted by molar-refractivity contribution is 6.01. The van der Waals surface area contributed by atoms with Crippen LogP contribution in [0.3, 0.4) is 0 Å². The molecule has 1 saturated heterocycles. The fourth-order valence-electron chi connectivity index (χ4n) is 13.2. The number of aliphatic hydroxyl groups is 1. The third-order valence-corrected chi connectivity index (χ3v) is 15.4. The lowest BCUT2D eigenvalue weighted by Gasteiger charge is -2.69. The highest BCUT2D eigenvalue weighted by Gasteiger charge is 2.68. The number of ether oxygens (including phenoxy) is 2. The van der Waals surface area contributed by atoms with Crippen LogP contribution in [0.25, 0.3) is 0 Å². The zero-order valence-corrected chi connectivity index (χ0v) is 33.7. The number of allylic oxidation sites excluding steroid dienone is 1. The van der Waals surface area contributed by atoms with E-state index in [1.807, 2.05) is 18.2 Å². The van der Waals surface area contributed by atoms with E-state index < -0.39 is 10.8 Å². The zero-order chi connectivity index (χ0) is 38.7. The molecule has 5 aliphatic carbocycles. The van der Waals surface area contributed by atoms with Crippen LogP contribution in [0, 0.1) is 56.7 Å². The van der Waals surface area contributed by atoms with Crippen molar-refractivity contribution >= 4 is 24.1 Å². The highest BCUT2D eigenvalue weighted by Crippen LogP contribution is 2.73. The second kappa shape index (κ2) is 15.1. The first-order valence-electron chi connectivity index (χ1n) is 20.2. The minimum atomic E-state index is -0.722. The summed E-state index contributed by atoms with van der Waals surface area (Å²) in [4.78, 5) is 58.2. The molecule has 6 aliphatic rings. The van der Waals surface area contributed by atoms with Crippen molar-refractivity contribution in [2.45, 2.75) is 146 Å². The van der Waals surface area contributed by atoms with Gasteiger partial charge < -0.3 is 19.4 Å². The standard InChI is InChI=1S/C43H60N2O6.CH4O.CH4/c1-26(2)36-30(47)21-43(34-24-45(38(49)51-34)23-27-11-9-10-20-44-27)19-14-29-28(37(36)43)12-13-32-41(29,7)17-15-31-40(5,6)33(16-18-42(31,32)8)50-35(48)22-39(3,4)25-46;1-2;/h9-11,20,25-26,28-29,31-34H,12-19,21-24H2,1-8H3;2H,1H3;1H4. The molecule has 9 unspecified atom stereocenters. The summed E-state index contributed by atoms with van der Waals surface area (Å²) in [7, 11) is 1.00. The maximum absolute atomic E-state index is 14.1. The smallest absolute Gasteiger partial charge is 0.410 e. The predicted octanol–water partition coefficient (Wildman–Crippen LogP) is 8.76. The Labute approximate surface area is 324 Å². The third kappa shape index (κ3) is 6.76. The number of hydrogen-bond acceptors (Lipinski definition) is 8. The molecule has 9 heteroatoms. The van der Waals surface area contributed by atoms with Crippen LogP contribution in [-0.2, 0) is 30.4 Å². The van der Waals surface area contributed by atoms with Crippen LogP contribution in [0.15, 0.2) is 35.5 Å². The molecule has 0 aromatic carbocycles. The Kier molecular flexibility index (Phi) is 11.8. The Hall–Kier alpha value is -3.07. The maximum atomic E-state index is 14.1. The van der Waals surface area contributed by atoms with Gasteiger partial charge >= 0.3 is 12.1 Å². The molecule has 5 fully saturated rings. The number of carbonyl (C=O) groups is 4. The van der Waals surface area contributed by atoms with E-state index in [0.717, 1.165) is 76.0 Å². The molecule has 4 saturated carbocycles. The summed E-state index contributed by atoms with van der Waals surface area (Å²) in [5.74, 6) is 1.88. The van der Waals surface area contributed by atoms with Gasteiger partial charge in [0.15, 0.2) is 5.78 Å². The lowest BCUT2D eigenvalue weighted by molar-refractivity contribution is -0.214. The van der Waals surface area contributed by atoms with Gasteiger partial charge in [0.05, 0.1) is 25.2 Å². The molecule has 9 nitrogen and oxygen atoms in total. The van der Waals surface area contributed by atoms with Crippen molar-refractivity contribution in [2.24, 2.45) is 56.7 Å². The van der Waals surface area contributed by atoms with Gasteiger partial charge in [0.2, 0.25) is 0 Å². The van der Waals surface area contributed by atoms with Gasteiger partial charge in [-0.15, -0.1) is 0 Å². The summed E-state index contributed by atoms with van der Waals surface area (Å²) in [6.07, 6.45) is 10.6. The minimum Gasteiger partial charge on any atom is -0.462 e. The van der Waals surface area contributed by atoms with E-state index in [1.54, 1.807) is 24.9 Å². The molecule has 0 radical (unpaired) electrons. The summed E-state index contributed by atoms with van der Waals surface area (Å²) in [5.41, 5.74) is 2.13. The molecule has 2 heterocycles. The Morgan fingerprint density at radius 1 is 1.02 bits per heavy atom. The van der Waals surface area contributed by atoms with Crippen LogP contribution >= 0.6 is 0 Å². The number of carbonyl (C=O) groups excluding carboxylic acids is 4. The van der Waals surface area contributed by atoms with E-state index in [2.05, 4.69) is 46.5 Å². The molecule has 9 atom stereocenters. The second-order valence-corrected chi connectivity index (χ2v) is 19.4. The number of hydrogen-bond donors (Lipinski definition) is 1. The van der Waals surface area contributed by atoms with Crippen LogP contribution in [0.1, 0.15) is 133 Å². The number of nitrogens with zero attached hydrogens (tertiary/aromatic N) is 2. The van der Waals surface area contributed by atoms with Crippen molar-refractivity contribution in [3.8, 4) is 0 Å². The maximum Gasteiger partial charge on any atom is 0.410 e. The molecule has 1 aromatic heterocycles. The summed E-state index contributed by atoms with van der Waals surface area (Å²) >= 11 is 0. The molecule has 1 aliphatic heterocycles. The highest BCUT2D eigenvalue weighted by atomic mass is 16.6. The number of Topliss-reactive ketones (excluding diaryl/α,β-unsaturated/α-hetero) is 1. The third-order valence-electron chi connectivity index (χ3n) is 15.4. The number of cyclic esters (lactones) is 1. The number of amides is 1. The molecular weight excluding hydrogens is 681 g/mol. The van der Waals surface area contributed by atoms with Crippen molar-refractivity contribution in [1.29, 1.82) is 0 Å².